The van der Waals surface area contributed by atoms with Gasteiger partial charge in [-0.2, -0.15) is 0 Å². The summed E-state index contributed by atoms with van der Waals surface area (Å²) in [7, 11) is 1.49. The van der Waals surface area contributed by atoms with Gasteiger partial charge in [0.2, 0.25) is 0 Å². The molecule has 0 fully saturated rings. The lowest BCUT2D eigenvalue weighted by Crippen LogP contribution is -2.27. The van der Waals surface area contributed by atoms with E-state index in [2.05, 4.69) is 21.1 Å². The molecule has 0 aliphatic rings. The average molecular weight is 489 g/mol. The van der Waals surface area contributed by atoms with Gasteiger partial charge < -0.3 is 4.84 Å². The summed E-state index contributed by atoms with van der Waals surface area (Å²) in [5.41, 5.74) is 3.64. The fourth-order valence-electron chi connectivity index (χ4n) is 3.84. The molecular formula is C26H21BrN2O3. The predicted molar refractivity (Wildman–Crippen MR) is 131 cm³/mol. The van der Waals surface area contributed by atoms with Crippen molar-refractivity contribution < 1.29 is 9.63 Å². The van der Waals surface area contributed by atoms with Gasteiger partial charge in [0, 0.05) is 22.3 Å². The maximum absolute atomic E-state index is 13.5. The van der Waals surface area contributed by atoms with E-state index in [4.69, 9.17) is 4.84 Å². The van der Waals surface area contributed by atoms with E-state index in [1.54, 1.807) is 16.8 Å². The van der Waals surface area contributed by atoms with Gasteiger partial charge in [0.05, 0.1) is 18.5 Å². The molecule has 0 aliphatic carbocycles. The zero-order valence-corrected chi connectivity index (χ0v) is 19.3. The van der Waals surface area contributed by atoms with Crippen LogP contribution in [-0.2, 0) is 11.4 Å². The molecule has 0 unspecified atom stereocenters. The first kappa shape index (κ1) is 21.7. The molecule has 3 aromatic carbocycles. The first-order valence-corrected chi connectivity index (χ1v) is 10.9. The topological polar surface area (TPSA) is 60.7 Å². The molecule has 4 aromatic rings. The van der Waals surface area contributed by atoms with Crippen LogP contribution in [0.4, 0.5) is 0 Å². The largest absolute Gasteiger partial charge is 0.399 e. The number of Topliss-reactive ketones (excluding diaryl/α,β-unsaturated/α-hetero) is 1. The highest BCUT2D eigenvalue weighted by atomic mass is 79.9. The third kappa shape index (κ3) is 4.27. The van der Waals surface area contributed by atoms with Gasteiger partial charge in [0.25, 0.3) is 5.56 Å². The Bertz CT molecular complexity index is 1370. The molecule has 0 saturated heterocycles. The molecule has 6 heteroatoms. The highest BCUT2D eigenvalue weighted by molar-refractivity contribution is 9.10. The minimum absolute atomic E-state index is 0.160. The van der Waals surface area contributed by atoms with E-state index in [-0.39, 0.29) is 17.9 Å². The number of carbonyl (C=O) groups excluding carboxylic acids is 1. The predicted octanol–water partition coefficient (Wildman–Crippen LogP) is 5.66. The van der Waals surface area contributed by atoms with Crippen LogP contribution in [0.5, 0.6) is 0 Å². The molecule has 0 N–H and O–H groups in total. The average Bonchev–Trinajstić information content (AvgIpc) is 2.80. The SMILES string of the molecule is CO/N=C/c1ccc(Cn2c(C(C)=O)c(-c3ccccc3)c3cc(Br)ccc3c2=O)cc1. The van der Waals surface area contributed by atoms with Crippen molar-refractivity contribution in [1.82, 2.24) is 4.57 Å². The lowest BCUT2D eigenvalue weighted by molar-refractivity contribution is 0.100. The van der Waals surface area contributed by atoms with E-state index in [0.717, 1.165) is 32.1 Å². The van der Waals surface area contributed by atoms with Gasteiger partial charge in [-0.1, -0.05) is 75.7 Å². The standard InChI is InChI=1S/C26H21BrN2O3/c1-17(30)25-24(20-6-4-3-5-7-20)23-14-21(27)12-13-22(23)26(31)29(25)16-19-10-8-18(9-11-19)15-28-32-2/h3-15H,16H2,1-2H3/b28-15+. The van der Waals surface area contributed by atoms with Gasteiger partial charge in [0.15, 0.2) is 5.78 Å². The Hall–Kier alpha value is -3.51. The van der Waals surface area contributed by atoms with E-state index in [1.807, 2.05) is 66.7 Å². The number of benzene rings is 3. The van der Waals surface area contributed by atoms with Gasteiger partial charge in [-0.3, -0.25) is 14.2 Å². The number of carbonyl (C=O) groups is 1. The van der Waals surface area contributed by atoms with Crippen molar-refractivity contribution in [2.75, 3.05) is 7.11 Å². The van der Waals surface area contributed by atoms with Crippen LogP contribution in [0.15, 0.2) is 87.2 Å². The Labute approximate surface area is 194 Å². The molecule has 160 valence electrons. The number of hydrogen-bond acceptors (Lipinski definition) is 4. The number of fused-ring (bicyclic) bond motifs is 1. The quantitative estimate of drug-likeness (QED) is 0.200. The summed E-state index contributed by atoms with van der Waals surface area (Å²) in [6.45, 7) is 1.78. The summed E-state index contributed by atoms with van der Waals surface area (Å²) in [5.74, 6) is -0.160. The van der Waals surface area contributed by atoms with Gasteiger partial charge in [-0.15, -0.1) is 0 Å². The van der Waals surface area contributed by atoms with Crippen LogP contribution < -0.4 is 5.56 Å². The number of pyridine rings is 1. The number of nitrogens with zero attached hydrogens (tertiary/aromatic N) is 2. The van der Waals surface area contributed by atoms with Gasteiger partial charge in [-0.25, -0.2) is 0 Å². The molecule has 0 atom stereocenters. The summed E-state index contributed by atoms with van der Waals surface area (Å²) >= 11 is 3.51. The summed E-state index contributed by atoms with van der Waals surface area (Å²) in [4.78, 5) is 31.1. The molecule has 0 saturated carbocycles. The Morgan fingerprint density at radius 1 is 1.03 bits per heavy atom. The fourth-order valence-corrected chi connectivity index (χ4v) is 4.20. The lowest BCUT2D eigenvalue weighted by Gasteiger charge is -2.19. The van der Waals surface area contributed by atoms with Gasteiger partial charge in [-0.05, 0) is 40.3 Å². The van der Waals surface area contributed by atoms with Crippen LogP contribution >= 0.6 is 15.9 Å². The molecule has 0 radical (unpaired) electrons. The fraction of sp³-hybridized carbons (Fsp3) is 0.115. The Balaban J connectivity index is 1.96. The summed E-state index contributed by atoms with van der Waals surface area (Å²) in [6, 6.07) is 22.9. The molecule has 1 aromatic heterocycles. The van der Waals surface area contributed by atoms with Gasteiger partial charge in [0.1, 0.15) is 7.11 Å². The monoisotopic (exact) mass is 488 g/mol. The van der Waals surface area contributed by atoms with Crippen LogP contribution in [0, 0.1) is 0 Å². The molecule has 0 spiro atoms. The van der Waals surface area contributed by atoms with Crippen LogP contribution in [0.1, 0.15) is 28.5 Å². The second kappa shape index (κ2) is 9.32. The van der Waals surface area contributed by atoms with E-state index in [1.165, 1.54) is 14.0 Å². The first-order valence-electron chi connectivity index (χ1n) is 10.1. The van der Waals surface area contributed by atoms with Crippen molar-refractivity contribution in [3.8, 4) is 11.1 Å². The van der Waals surface area contributed by atoms with E-state index in [0.29, 0.717) is 11.1 Å². The van der Waals surface area contributed by atoms with Crippen molar-refractivity contribution in [3.63, 3.8) is 0 Å². The Morgan fingerprint density at radius 3 is 2.41 bits per heavy atom. The minimum Gasteiger partial charge on any atom is -0.399 e. The van der Waals surface area contributed by atoms with Crippen LogP contribution in [0.2, 0.25) is 0 Å². The maximum Gasteiger partial charge on any atom is 0.259 e. The smallest absolute Gasteiger partial charge is 0.259 e. The zero-order chi connectivity index (χ0) is 22.7. The molecular weight excluding hydrogens is 468 g/mol. The van der Waals surface area contributed by atoms with Crippen molar-refractivity contribution in [3.05, 3.63) is 104 Å². The van der Waals surface area contributed by atoms with Crippen LogP contribution in [-0.4, -0.2) is 23.7 Å². The third-order valence-electron chi connectivity index (χ3n) is 5.26. The molecule has 4 rings (SSSR count). The van der Waals surface area contributed by atoms with E-state index in [9.17, 15) is 9.59 Å². The zero-order valence-electron chi connectivity index (χ0n) is 17.7. The highest BCUT2D eigenvalue weighted by Crippen LogP contribution is 2.33. The number of ketones is 1. The van der Waals surface area contributed by atoms with Crippen molar-refractivity contribution in [2.24, 2.45) is 5.16 Å². The van der Waals surface area contributed by atoms with E-state index < -0.39 is 0 Å². The lowest BCUT2D eigenvalue weighted by atomic mass is 9.95. The third-order valence-corrected chi connectivity index (χ3v) is 5.75. The van der Waals surface area contributed by atoms with Crippen molar-refractivity contribution in [2.45, 2.75) is 13.5 Å². The number of halogens is 1. The second-order valence-electron chi connectivity index (χ2n) is 7.39. The minimum atomic E-state index is -0.192. The normalized spacial score (nSPS) is 11.2. The number of aromatic nitrogens is 1. The first-order chi connectivity index (χ1) is 15.5. The van der Waals surface area contributed by atoms with Crippen LogP contribution in [0.25, 0.3) is 21.9 Å². The summed E-state index contributed by atoms with van der Waals surface area (Å²) in [5, 5.41) is 5.09. The highest BCUT2D eigenvalue weighted by Gasteiger charge is 2.21. The number of hydrogen-bond donors (Lipinski definition) is 0. The number of rotatable bonds is 6. The molecule has 5 nitrogen and oxygen atoms in total. The van der Waals surface area contributed by atoms with Crippen molar-refractivity contribution in [1.29, 1.82) is 0 Å². The van der Waals surface area contributed by atoms with Crippen LogP contribution in [0.3, 0.4) is 0 Å². The molecule has 0 bridgehead atoms. The maximum atomic E-state index is 13.5. The molecule has 0 aliphatic heterocycles. The molecule has 0 amide bonds. The van der Waals surface area contributed by atoms with Gasteiger partial charge >= 0.3 is 0 Å². The Kier molecular flexibility index (Phi) is 6.32. The summed E-state index contributed by atoms with van der Waals surface area (Å²) in [6.07, 6.45) is 1.61. The van der Waals surface area contributed by atoms with E-state index >= 15 is 0 Å². The Morgan fingerprint density at radius 2 is 1.75 bits per heavy atom. The summed E-state index contributed by atoms with van der Waals surface area (Å²) < 4.78 is 2.43. The second-order valence-corrected chi connectivity index (χ2v) is 8.30. The number of oxime groups is 1. The molecule has 1 heterocycles. The molecule has 32 heavy (non-hydrogen) atoms. The van der Waals surface area contributed by atoms with Crippen molar-refractivity contribution >= 4 is 38.7 Å².